The minimum atomic E-state index is -0.345. The minimum Gasteiger partial charge on any atom is -0.464 e. The number of nitrogens with one attached hydrogen (secondary N) is 1. The van der Waals surface area contributed by atoms with Gasteiger partial charge in [0.2, 0.25) is 0 Å². The standard InChI is InChI=1S/C8H11N3O2.ClH/c1-13-8(12)7-4-11-5-9-2-6(11)3-10-7;/h3,9H,2,4-5H2,1H3;1H. The van der Waals surface area contributed by atoms with Crippen molar-refractivity contribution >= 4 is 24.1 Å². The molecular weight excluding hydrogens is 206 g/mol. The summed E-state index contributed by atoms with van der Waals surface area (Å²) in [6.07, 6.45) is 1.72. The number of rotatable bonds is 1. The van der Waals surface area contributed by atoms with E-state index in [1.807, 2.05) is 0 Å². The van der Waals surface area contributed by atoms with Crippen molar-refractivity contribution in [1.29, 1.82) is 0 Å². The zero-order valence-electron chi connectivity index (χ0n) is 7.82. The molecule has 14 heavy (non-hydrogen) atoms. The number of carbonyl (C=O) groups excluding carboxylic acids is 1. The highest BCUT2D eigenvalue weighted by Crippen LogP contribution is 2.13. The van der Waals surface area contributed by atoms with E-state index in [-0.39, 0.29) is 18.4 Å². The Morgan fingerprint density at radius 3 is 3.21 bits per heavy atom. The van der Waals surface area contributed by atoms with E-state index in [1.165, 1.54) is 7.11 Å². The number of fused-ring (bicyclic) bond motifs is 1. The van der Waals surface area contributed by atoms with Crippen LogP contribution in [0.25, 0.3) is 0 Å². The third-order valence-corrected chi connectivity index (χ3v) is 2.15. The maximum Gasteiger partial charge on any atom is 0.354 e. The van der Waals surface area contributed by atoms with Crippen LogP contribution in [0.15, 0.2) is 16.9 Å². The van der Waals surface area contributed by atoms with Gasteiger partial charge in [0, 0.05) is 18.4 Å². The smallest absolute Gasteiger partial charge is 0.354 e. The molecule has 0 aromatic heterocycles. The SMILES string of the molecule is COC(=O)C1=NC=C2CNCN2C1.Cl. The lowest BCUT2D eigenvalue weighted by Crippen LogP contribution is -2.34. The second-order valence-electron chi connectivity index (χ2n) is 2.97. The van der Waals surface area contributed by atoms with Gasteiger partial charge in [0.15, 0.2) is 0 Å². The first-order chi connectivity index (χ1) is 6.31. The Hall–Kier alpha value is -1.07. The van der Waals surface area contributed by atoms with Gasteiger partial charge in [0.25, 0.3) is 0 Å². The van der Waals surface area contributed by atoms with Crippen LogP contribution in [0.2, 0.25) is 0 Å². The Bertz CT molecular complexity index is 301. The number of carbonyl (C=O) groups is 1. The maximum atomic E-state index is 11.1. The lowest BCUT2D eigenvalue weighted by molar-refractivity contribution is -0.132. The van der Waals surface area contributed by atoms with Crippen LogP contribution >= 0.6 is 12.4 Å². The summed E-state index contributed by atoms with van der Waals surface area (Å²) >= 11 is 0. The first-order valence-corrected chi connectivity index (χ1v) is 4.11. The molecule has 2 rings (SSSR count). The van der Waals surface area contributed by atoms with Gasteiger partial charge in [-0.3, -0.25) is 5.32 Å². The molecule has 78 valence electrons. The highest BCUT2D eigenvalue weighted by Gasteiger charge is 2.24. The summed E-state index contributed by atoms with van der Waals surface area (Å²) in [6.45, 7) is 2.16. The molecule has 0 bridgehead atoms. The fourth-order valence-corrected chi connectivity index (χ4v) is 1.43. The molecule has 0 aromatic carbocycles. The van der Waals surface area contributed by atoms with E-state index >= 15 is 0 Å². The summed E-state index contributed by atoms with van der Waals surface area (Å²) < 4.78 is 4.59. The molecule has 2 aliphatic heterocycles. The van der Waals surface area contributed by atoms with Gasteiger partial charge in [-0.2, -0.15) is 0 Å². The fraction of sp³-hybridized carbons (Fsp3) is 0.500. The number of methoxy groups -OCH3 is 1. The summed E-state index contributed by atoms with van der Waals surface area (Å²) in [5, 5.41) is 3.17. The second kappa shape index (κ2) is 4.43. The van der Waals surface area contributed by atoms with Crippen molar-refractivity contribution in [1.82, 2.24) is 10.2 Å². The molecule has 2 aliphatic rings. The van der Waals surface area contributed by atoms with E-state index in [9.17, 15) is 4.79 Å². The number of nitrogens with zero attached hydrogens (tertiary/aromatic N) is 2. The largest absolute Gasteiger partial charge is 0.464 e. The van der Waals surface area contributed by atoms with Gasteiger partial charge in [0.1, 0.15) is 5.71 Å². The normalized spacial score (nSPS) is 19.1. The average Bonchev–Trinajstić information content (AvgIpc) is 2.63. The summed E-state index contributed by atoms with van der Waals surface area (Å²) in [5.41, 5.74) is 1.60. The second-order valence-corrected chi connectivity index (χ2v) is 2.97. The molecular formula is C8H12ClN3O2. The van der Waals surface area contributed by atoms with Crippen LogP contribution < -0.4 is 5.32 Å². The lowest BCUT2D eigenvalue weighted by Gasteiger charge is -2.21. The quantitative estimate of drug-likeness (QED) is 0.615. The van der Waals surface area contributed by atoms with Gasteiger partial charge in [-0.1, -0.05) is 0 Å². The highest BCUT2D eigenvalue weighted by molar-refractivity contribution is 6.37. The Morgan fingerprint density at radius 1 is 1.71 bits per heavy atom. The third kappa shape index (κ3) is 1.88. The van der Waals surface area contributed by atoms with Crippen LogP contribution in [-0.4, -0.2) is 43.4 Å². The first kappa shape index (κ1) is 11.0. The Balaban J connectivity index is 0.000000980. The van der Waals surface area contributed by atoms with Crippen molar-refractivity contribution in [3.05, 3.63) is 11.9 Å². The van der Waals surface area contributed by atoms with E-state index < -0.39 is 0 Å². The van der Waals surface area contributed by atoms with Gasteiger partial charge in [-0.25, -0.2) is 9.79 Å². The monoisotopic (exact) mass is 217 g/mol. The molecule has 6 heteroatoms. The molecule has 2 heterocycles. The predicted octanol–water partition coefficient (Wildman–Crippen LogP) is -0.260. The molecule has 1 N–H and O–H groups in total. The average molecular weight is 218 g/mol. The van der Waals surface area contributed by atoms with Crippen molar-refractivity contribution in [2.75, 3.05) is 26.9 Å². The first-order valence-electron chi connectivity index (χ1n) is 4.11. The predicted molar refractivity (Wildman–Crippen MR) is 54.4 cm³/mol. The molecule has 0 amide bonds. The van der Waals surface area contributed by atoms with Crippen LogP contribution in [0.3, 0.4) is 0 Å². The van der Waals surface area contributed by atoms with E-state index in [0.29, 0.717) is 12.3 Å². The van der Waals surface area contributed by atoms with E-state index in [2.05, 4.69) is 19.9 Å². The minimum absolute atomic E-state index is 0. The molecule has 5 nitrogen and oxygen atoms in total. The molecule has 0 radical (unpaired) electrons. The molecule has 0 spiro atoms. The number of hydrogen-bond acceptors (Lipinski definition) is 5. The molecule has 0 aromatic rings. The number of ether oxygens (including phenoxy) is 1. The van der Waals surface area contributed by atoms with Crippen molar-refractivity contribution in [3.8, 4) is 0 Å². The molecule has 0 atom stereocenters. The van der Waals surface area contributed by atoms with E-state index in [1.54, 1.807) is 6.20 Å². The number of halogens is 1. The third-order valence-electron chi connectivity index (χ3n) is 2.15. The van der Waals surface area contributed by atoms with Gasteiger partial charge in [-0.15, -0.1) is 12.4 Å². The summed E-state index contributed by atoms with van der Waals surface area (Å²) in [7, 11) is 1.37. The van der Waals surface area contributed by atoms with E-state index in [4.69, 9.17) is 0 Å². The summed E-state index contributed by atoms with van der Waals surface area (Å²) in [4.78, 5) is 17.2. The van der Waals surface area contributed by atoms with Gasteiger partial charge in [0.05, 0.1) is 20.3 Å². The van der Waals surface area contributed by atoms with Crippen molar-refractivity contribution < 1.29 is 9.53 Å². The topological polar surface area (TPSA) is 53.9 Å². The summed E-state index contributed by atoms with van der Waals surface area (Å²) in [5.74, 6) is -0.345. The lowest BCUT2D eigenvalue weighted by atomic mass is 10.3. The zero-order chi connectivity index (χ0) is 9.26. The van der Waals surface area contributed by atoms with Crippen molar-refractivity contribution in [2.45, 2.75) is 0 Å². The number of esters is 1. The van der Waals surface area contributed by atoms with Crippen molar-refractivity contribution in [3.63, 3.8) is 0 Å². The van der Waals surface area contributed by atoms with Crippen LogP contribution in [-0.2, 0) is 9.53 Å². The number of aliphatic imine (C=N–C) groups is 1. The van der Waals surface area contributed by atoms with Crippen LogP contribution in [0.5, 0.6) is 0 Å². The highest BCUT2D eigenvalue weighted by atomic mass is 35.5. The van der Waals surface area contributed by atoms with Crippen LogP contribution in [0.1, 0.15) is 0 Å². The Morgan fingerprint density at radius 2 is 2.50 bits per heavy atom. The molecule has 1 saturated heterocycles. The molecule has 0 saturated carbocycles. The van der Waals surface area contributed by atoms with Gasteiger partial charge in [-0.05, 0) is 0 Å². The van der Waals surface area contributed by atoms with Gasteiger partial charge < -0.3 is 9.64 Å². The van der Waals surface area contributed by atoms with Crippen molar-refractivity contribution in [2.24, 2.45) is 4.99 Å². The maximum absolute atomic E-state index is 11.1. The zero-order valence-corrected chi connectivity index (χ0v) is 8.63. The molecule has 0 unspecified atom stereocenters. The van der Waals surface area contributed by atoms with E-state index in [0.717, 1.165) is 18.9 Å². The fourth-order valence-electron chi connectivity index (χ4n) is 1.43. The molecule has 1 fully saturated rings. The molecule has 0 aliphatic carbocycles. The Labute approximate surface area is 88.2 Å². The van der Waals surface area contributed by atoms with Gasteiger partial charge >= 0.3 is 5.97 Å². The Kier molecular flexibility index (Phi) is 3.49. The van der Waals surface area contributed by atoms with Crippen LogP contribution in [0, 0.1) is 0 Å². The van der Waals surface area contributed by atoms with Crippen LogP contribution in [0.4, 0.5) is 0 Å². The summed E-state index contributed by atoms with van der Waals surface area (Å²) in [6, 6.07) is 0. The number of hydrogen-bond donors (Lipinski definition) is 1.